The predicted octanol–water partition coefficient (Wildman–Crippen LogP) is 2.99. The van der Waals surface area contributed by atoms with Gasteiger partial charge in [-0.3, -0.25) is 4.79 Å². The molecule has 5 nitrogen and oxygen atoms in total. The molecule has 1 aromatic carbocycles. The normalized spacial score (nSPS) is 16.7. The zero-order valence-electron chi connectivity index (χ0n) is 13.4. The average Bonchev–Trinajstić information content (AvgIpc) is 2.51. The molecule has 1 amide bonds. The summed E-state index contributed by atoms with van der Waals surface area (Å²) in [6.07, 6.45) is 0.701. The number of carbonyl (C=O) groups is 2. The number of halogens is 2. The highest BCUT2D eigenvalue weighted by atomic mass is 32.2. The molecule has 0 radical (unpaired) electrons. The Morgan fingerprint density at radius 2 is 1.79 bits per heavy atom. The van der Waals surface area contributed by atoms with E-state index in [4.69, 9.17) is 0 Å². The number of carboxylic acid groups (broad SMARTS) is 1. The number of aryl methyl sites for hydroxylation is 2. The number of aliphatic carboxylic acids is 1. The Hall–Kier alpha value is -1.83. The predicted molar refractivity (Wildman–Crippen MR) is 86.9 cm³/mol. The van der Waals surface area contributed by atoms with E-state index in [9.17, 15) is 23.5 Å². The lowest BCUT2D eigenvalue weighted by molar-refractivity contribution is -0.144. The number of carboxylic acids is 1. The summed E-state index contributed by atoms with van der Waals surface area (Å²) in [4.78, 5) is 24.1. The number of ether oxygens (including phenoxy) is 1. The number of benzene rings is 1. The molecule has 2 N–H and O–H groups in total. The van der Waals surface area contributed by atoms with Crippen LogP contribution < -0.4 is 10.1 Å². The molecule has 1 fully saturated rings. The molecule has 1 saturated heterocycles. The van der Waals surface area contributed by atoms with E-state index in [-0.39, 0.29) is 11.3 Å². The molecule has 0 bridgehead atoms. The van der Waals surface area contributed by atoms with Crippen molar-refractivity contribution < 1.29 is 28.2 Å². The number of amides is 1. The first-order valence-electron chi connectivity index (χ1n) is 7.45. The number of thioether (sulfide) groups is 1. The quantitative estimate of drug-likeness (QED) is 0.845. The van der Waals surface area contributed by atoms with Crippen molar-refractivity contribution >= 4 is 23.6 Å². The Kier molecular flexibility index (Phi) is 5.69. The molecular weight excluding hydrogens is 340 g/mol. The third-order valence-electron chi connectivity index (χ3n) is 4.04. The minimum absolute atomic E-state index is 0.0311. The summed E-state index contributed by atoms with van der Waals surface area (Å²) < 4.78 is 29.3. The maximum Gasteiger partial charge on any atom is 0.387 e. The lowest BCUT2D eigenvalue weighted by Crippen LogP contribution is -2.56. The van der Waals surface area contributed by atoms with Crippen LogP contribution in [0.3, 0.4) is 0 Å². The van der Waals surface area contributed by atoms with Crippen LogP contribution in [0.25, 0.3) is 0 Å². The van der Waals surface area contributed by atoms with Gasteiger partial charge in [-0.25, -0.2) is 4.79 Å². The molecule has 132 valence electrons. The lowest BCUT2D eigenvalue weighted by Gasteiger charge is -2.33. The smallest absolute Gasteiger partial charge is 0.387 e. The summed E-state index contributed by atoms with van der Waals surface area (Å²) in [6.45, 7) is 0.175. The molecule has 1 aromatic rings. The van der Waals surface area contributed by atoms with Gasteiger partial charge in [0.1, 0.15) is 11.3 Å². The van der Waals surface area contributed by atoms with Gasteiger partial charge in [-0.2, -0.15) is 20.5 Å². The first kappa shape index (κ1) is 18.5. The van der Waals surface area contributed by atoms with Crippen molar-refractivity contribution in [3.8, 4) is 5.75 Å². The fourth-order valence-electron chi connectivity index (χ4n) is 2.76. The van der Waals surface area contributed by atoms with Gasteiger partial charge in [0.05, 0.1) is 0 Å². The van der Waals surface area contributed by atoms with Crippen LogP contribution in [-0.4, -0.2) is 40.6 Å². The highest BCUT2D eigenvalue weighted by molar-refractivity contribution is 7.99. The Morgan fingerprint density at radius 3 is 2.25 bits per heavy atom. The fraction of sp³-hybridized carbons (Fsp3) is 0.500. The third-order valence-corrected chi connectivity index (χ3v) is 5.02. The molecule has 0 aliphatic carbocycles. The van der Waals surface area contributed by atoms with E-state index in [0.29, 0.717) is 35.5 Å². The Bertz CT molecular complexity index is 622. The van der Waals surface area contributed by atoms with E-state index in [2.05, 4.69) is 10.1 Å². The van der Waals surface area contributed by atoms with Gasteiger partial charge in [0.15, 0.2) is 0 Å². The summed E-state index contributed by atoms with van der Waals surface area (Å²) in [6, 6.07) is 2.85. The summed E-state index contributed by atoms with van der Waals surface area (Å²) in [5, 5.41) is 12.1. The molecule has 1 aliphatic heterocycles. The average molecular weight is 359 g/mol. The molecule has 0 spiro atoms. The Labute approximate surface area is 142 Å². The summed E-state index contributed by atoms with van der Waals surface area (Å²) in [5.74, 6) is -0.234. The van der Waals surface area contributed by atoms with Crippen molar-refractivity contribution in [2.45, 2.75) is 38.8 Å². The van der Waals surface area contributed by atoms with Crippen molar-refractivity contribution in [2.24, 2.45) is 0 Å². The van der Waals surface area contributed by atoms with Gasteiger partial charge in [0.2, 0.25) is 0 Å². The van der Waals surface area contributed by atoms with Crippen LogP contribution in [0, 0.1) is 13.8 Å². The van der Waals surface area contributed by atoms with Crippen molar-refractivity contribution in [1.82, 2.24) is 5.32 Å². The Morgan fingerprint density at radius 1 is 1.25 bits per heavy atom. The highest BCUT2D eigenvalue weighted by Crippen LogP contribution is 2.29. The van der Waals surface area contributed by atoms with Crippen LogP contribution >= 0.6 is 11.8 Å². The number of alkyl halides is 2. The second kappa shape index (κ2) is 7.38. The molecule has 0 aromatic heterocycles. The van der Waals surface area contributed by atoms with Gasteiger partial charge in [-0.05, 0) is 61.5 Å². The van der Waals surface area contributed by atoms with E-state index in [0.717, 1.165) is 0 Å². The van der Waals surface area contributed by atoms with Crippen molar-refractivity contribution in [1.29, 1.82) is 0 Å². The third kappa shape index (κ3) is 3.98. The van der Waals surface area contributed by atoms with E-state index >= 15 is 0 Å². The topological polar surface area (TPSA) is 75.6 Å². The molecule has 1 heterocycles. The zero-order valence-corrected chi connectivity index (χ0v) is 14.2. The van der Waals surface area contributed by atoms with Gasteiger partial charge in [-0.1, -0.05) is 0 Å². The van der Waals surface area contributed by atoms with Crippen LogP contribution in [-0.2, 0) is 4.79 Å². The number of hydrogen-bond donors (Lipinski definition) is 2. The van der Waals surface area contributed by atoms with Crippen LogP contribution in [0.4, 0.5) is 8.78 Å². The van der Waals surface area contributed by atoms with Crippen LogP contribution in [0.15, 0.2) is 12.1 Å². The van der Waals surface area contributed by atoms with E-state index in [1.165, 1.54) is 12.1 Å². The summed E-state index contributed by atoms with van der Waals surface area (Å²) in [5.41, 5.74) is -0.263. The minimum atomic E-state index is -2.95. The first-order valence-corrected chi connectivity index (χ1v) is 8.60. The van der Waals surface area contributed by atoms with E-state index in [1.54, 1.807) is 25.6 Å². The zero-order chi connectivity index (χ0) is 17.9. The fourth-order valence-corrected chi connectivity index (χ4v) is 3.95. The SMILES string of the molecule is Cc1cc(C(=O)NC2(C(=O)O)CCSCC2)cc(C)c1OC(F)F. The molecule has 1 aliphatic rings. The van der Waals surface area contributed by atoms with Crippen molar-refractivity contribution in [2.75, 3.05) is 11.5 Å². The van der Waals surface area contributed by atoms with Crippen LogP contribution in [0.5, 0.6) is 5.75 Å². The number of carbonyl (C=O) groups excluding carboxylic acids is 1. The number of rotatable bonds is 5. The molecule has 0 unspecified atom stereocenters. The molecule has 8 heteroatoms. The molecular formula is C16H19F2NO4S. The van der Waals surface area contributed by atoms with Crippen molar-refractivity contribution in [3.63, 3.8) is 0 Å². The van der Waals surface area contributed by atoms with Gasteiger partial charge >= 0.3 is 12.6 Å². The number of nitrogens with one attached hydrogen (secondary N) is 1. The van der Waals surface area contributed by atoms with Gasteiger partial charge in [-0.15, -0.1) is 0 Å². The standard InChI is InChI=1S/C16H19F2NO4S/c1-9-7-11(8-10(2)12(9)23-15(17)18)13(20)19-16(14(21)22)3-5-24-6-4-16/h7-8,15H,3-6H2,1-2H3,(H,19,20)(H,21,22). The lowest BCUT2D eigenvalue weighted by atomic mass is 9.91. The van der Waals surface area contributed by atoms with Crippen LogP contribution in [0.1, 0.15) is 34.3 Å². The first-order chi connectivity index (χ1) is 11.2. The van der Waals surface area contributed by atoms with Gasteiger partial charge in [0, 0.05) is 5.56 Å². The largest absolute Gasteiger partial charge is 0.480 e. The highest BCUT2D eigenvalue weighted by Gasteiger charge is 2.41. The van der Waals surface area contributed by atoms with E-state index in [1.807, 2.05) is 0 Å². The molecule has 0 saturated carbocycles. The molecule has 2 rings (SSSR count). The monoisotopic (exact) mass is 359 g/mol. The van der Waals surface area contributed by atoms with E-state index < -0.39 is 24.0 Å². The van der Waals surface area contributed by atoms with Gasteiger partial charge in [0.25, 0.3) is 5.91 Å². The number of hydrogen-bond acceptors (Lipinski definition) is 4. The summed E-state index contributed by atoms with van der Waals surface area (Å²) in [7, 11) is 0. The van der Waals surface area contributed by atoms with Gasteiger partial charge < -0.3 is 15.2 Å². The second-order valence-electron chi connectivity index (χ2n) is 5.77. The van der Waals surface area contributed by atoms with Crippen molar-refractivity contribution in [3.05, 3.63) is 28.8 Å². The Balaban J connectivity index is 2.24. The maximum atomic E-state index is 12.5. The summed E-state index contributed by atoms with van der Waals surface area (Å²) >= 11 is 1.65. The maximum absolute atomic E-state index is 12.5. The molecule has 0 atom stereocenters. The molecule has 24 heavy (non-hydrogen) atoms. The second-order valence-corrected chi connectivity index (χ2v) is 7.00. The van der Waals surface area contributed by atoms with Crippen LogP contribution in [0.2, 0.25) is 0 Å². The minimum Gasteiger partial charge on any atom is -0.480 e.